The molecule has 0 spiro atoms. The second-order valence-electron chi connectivity index (χ2n) is 18.1. The number of carbonyl (C=O) groups is 1. The minimum atomic E-state index is -2.19. The number of methoxy groups -OCH3 is 1. The molecule has 0 N–H and O–H groups in total. The molecule has 0 heterocycles. The summed E-state index contributed by atoms with van der Waals surface area (Å²) in [5, 5.41) is 0.200. The smallest absolute Gasteiger partial charge is 0.305 e. The molecule has 1 rings (SSSR count). The Balaban J connectivity index is 3.76. The first-order valence-corrected chi connectivity index (χ1v) is 26.9. The highest BCUT2D eigenvalue weighted by Gasteiger charge is 2.44. The van der Waals surface area contributed by atoms with Crippen LogP contribution in [-0.4, -0.2) is 50.2 Å². The van der Waals surface area contributed by atoms with E-state index in [0.717, 1.165) is 19.3 Å². The predicted octanol–water partition coefficient (Wildman–Crippen LogP) is 12.5. The molecule has 0 fully saturated rings. The van der Waals surface area contributed by atoms with Gasteiger partial charge in [0.1, 0.15) is 0 Å². The van der Waals surface area contributed by atoms with Crippen LogP contribution in [0.25, 0.3) is 6.08 Å². The zero-order chi connectivity index (χ0) is 36.5. The van der Waals surface area contributed by atoms with Crippen molar-refractivity contribution in [3.8, 4) is 0 Å². The van der Waals surface area contributed by atoms with Gasteiger partial charge in [0.05, 0.1) is 25.4 Å². The maximum absolute atomic E-state index is 12.1. The van der Waals surface area contributed by atoms with Crippen LogP contribution in [0.2, 0.25) is 54.4 Å². The summed E-state index contributed by atoms with van der Waals surface area (Å²) in [6.07, 6.45) is 10.5. The molecule has 0 saturated carbocycles. The van der Waals surface area contributed by atoms with E-state index in [2.05, 4.69) is 145 Å². The van der Waals surface area contributed by atoms with E-state index in [-0.39, 0.29) is 39.4 Å². The fourth-order valence-electron chi connectivity index (χ4n) is 4.70. The standard InChI is InChI=1S/C39H74O5Si3/c1-18-19-20-26-33(42-45(12,13)37(2,3)4)32-25-22-21-24-31(32)29-30-35(44-47(16,17)39(8,9)10)34(27-23-28-36(40)41-11)43-46(14,15)38(5,6)7/h21-22,24-25,29-30,33-35H,18-20,23,26-28H2,1-17H3/t33?,34-,35+/m0/s1. The van der Waals surface area contributed by atoms with Crippen LogP contribution in [0.5, 0.6) is 0 Å². The van der Waals surface area contributed by atoms with Gasteiger partial charge < -0.3 is 18.0 Å². The Morgan fingerprint density at radius 2 is 1.23 bits per heavy atom. The average molecular weight is 707 g/mol. The Labute approximate surface area is 294 Å². The highest BCUT2D eigenvalue weighted by molar-refractivity contribution is 6.75. The number of ether oxygens (including phenoxy) is 1. The summed E-state index contributed by atoms with van der Waals surface area (Å²) in [7, 11) is -4.92. The summed E-state index contributed by atoms with van der Waals surface area (Å²) >= 11 is 0. The van der Waals surface area contributed by atoms with Crippen molar-refractivity contribution in [2.24, 2.45) is 0 Å². The van der Waals surface area contributed by atoms with Gasteiger partial charge in [-0.1, -0.05) is 125 Å². The van der Waals surface area contributed by atoms with Crippen molar-refractivity contribution < 1.29 is 22.8 Å². The minimum Gasteiger partial charge on any atom is -0.469 e. The molecule has 1 aromatic carbocycles. The van der Waals surface area contributed by atoms with Crippen LogP contribution in [0.15, 0.2) is 30.3 Å². The van der Waals surface area contributed by atoms with Gasteiger partial charge in [-0.3, -0.25) is 4.79 Å². The van der Waals surface area contributed by atoms with Crippen LogP contribution in [0.3, 0.4) is 0 Å². The van der Waals surface area contributed by atoms with E-state index in [9.17, 15) is 4.79 Å². The molecule has 0 bridgehead atoms. The molecule has 0 amide bonds. The van der Waals surface area contributed by atoms with Crippen molar-refractivity contribution in [3.63, 3.8) is 0 Å². The zero-order valence-electron chi connectivity index (χ0n) is 33.7. The lowest BCUT2D eigenvalue weighted by atomic mass is 9.97. The molecular formula is C39H74O5Si3. The van der Waals surface area contributed by atoms with Crippen molar-refractivity contribution >= 4 is 37.0 Å². The lowest BCUT2D eigenvalue weighted by molar-refractivity contribution is -0.140. The van der Waals surface area contributed by atoms with Crippen LogP contribution < -0.4 is 0 Å². The van der Waals surface area contributed by atoms with E-state index in [0.29, 0.717) is 12.8 Å². The molecular weight excluding hydrogens is 633 g/mol. The third kappa shape index (κ3) is 13.7. The van der Waals surface area contributed by atoms with Crippen molar-refractivity contribution in [3.05, 3.63) is 41.5 Å². The molecule has 3 atom stereocenters. The summed E-state index contributed by atoms with van der Waals surface area (Å²) in [6, 6.07) is 8.75. The first kappa shape index (κ1) is 44.0. The fraction of sp³-hybridized carbons (Fsp3) is 0.769. The maximum atomic E-state index is 12.1. The summed E-state index contributed by atoms with van der Waals surface area (Å²) in [5.41, 5.74) is 2.43. The topological polar surface area (TPSA) is 54.0 Å². The summed E-state index contributed by atoms with van der Waals surface area (Å²) in [4.78, 5) is 12.1. The number of benzene rings is 1. The molecule has 1 aromatic rings. The van der Waals surface area contributed by atoms with Gasteiger partial charge in [-0.15, -0.1) is 0 Å². The van der Waals surface area contributed by atoms with Gasteiger partial charge in [0, 0.05) is 6.42 Å². The van der Waals surface area contributed by atoms with E-state index in [1.54, 1.807) is 0 Å². The quantitative estimate of drug-likeness (QED) is 0.0864. The van der Waals surface area contributed by atoms with Gasteiger partial charge in [-0.05, 0) is 84.8 Å². The highest BCUT2D eigenvalue weighted by atomic mass is 28.4. The van der Waals surface area contributed by atoms with Gasteiger partial charge in [0.25, 0.3) is 0 Å². The summed E-state index contributed by atoms with van der Waals surface area (Å²) in [5.74, 6) is -0.182. The maximum Gasteiger partial charge on any atom is 0.305 e. The van der Waals surface area contributed by atoms with Crippen molar-refractivity contribution in [1.82, 2.24) is 0 Å². The lowest BCUT2D eigenvalue weighted by Crippen LogP contribution is -2.51. The third-order valence-corrected chi connectivity index (χ3v) is 24.5. The van der Waals surface area contributed by atoms with Gasteiger partial charge in [-0.25, -0.2) is 0 Å². The second-order valence-corrected chi connectivity index (χ2v) is 32.3. The van der Waals surface area contributed by atoms with E-state index in [1.807, 2.05) is 0 Å². The van der Waals surface area contributed by atoms with E-state index in [1.165, 1.54) is 31.1 Å². The van der Waals surface area contributed by atoms with Gasteiger partial charge in [-0.2, -0.15) is 0 Å². The second kappa shape index (κ2) is 17.8. The Kier molecular flexibility index (Phi) is 16.6. The zero-order valence-corrected chi connectivity index (χ0v) is 36.7. The van der Waals surface area contributed by atoms with Crippen molar-refractivity contribution in [2.45, 2.75) is 187 Å². The van der Waals surface area contributed by atoms with Gasteiger partial charge >= 0.3 is 5.97 Å². The Bertz CT molecular complexity index is 1120. The number of carbonyl (C=O) groups excluding carboxylic acids is 1. The van der Waals surface area contributed by atoms with Crippen LogP contribution >= 0.6 is 0 Å². The fourth-order valence-corrected chi connectivity index (χ4v) is 8.63. The Hall–Kier alpha value is -1.04. The third-order valence-electron chi connectivity index (χ3n) is 11.1. The monoisotopic (exact) mass is 706 g/mol. The summed E-state index contributed by atoms with van der Waals surface area (Å²) in [6.45, 7) is 36.9. The van der Waals surface area contributed by atoms with E-state index < -0.39 is 25.0 Å². The molecule has 0 saturated heterocycles. The lowest BCUT2D eigenvalue weighted by Gasteiger charge is -2.44. The minimum absolute atomic E-state index is 0.0336. The van der Waals surface area contributed by atoms with Crippen molar-refractivity contribution in [1.29, 1.82) is 0 Å². The van der Waals surface area contributed by atoms with Crippen LogP contribution in [0.1, 0.15) is 131 Å². The van der Waals surface area contributed by atoms with E-state index >= 15 is 0 Å². The Morgan fingerprint density at radius 3 is 1.74 bits per heavy atom. The summed E-state index contributed by atoms with van der Waals surface area (Å²) < 4.78 is 26.6. The number of esters is 1. The molecule has 0 aliphatic heterocycles. The number of hydrogen-bond donors (Lipinski definition) is 0. The first-order chi connectivity index (χ1) is 21.3. The van der Waals surface area contributed by atoms with Crippen LogP contribution in [0.4, 0.5) is 0 Å². The largest absolute Gasteiger partial charge is 0.469 e. The predicted molar refractivity (Wildman–Crippen MR) is 211 cm³/mol. The molecule has 0 radical (unpaired) electrons. The first-order valence-electron chi connectivity index (χ1n) is 18.2. The normalized spacial score (nSPS) is 15.9. The molecule has 1 unspecified atom stereocenters. The van der Waals surface area contributed by atoms with Gasteiger partial charge in [0.2, 0.25) is 0 Å². The van der Waals surface area contributed by atoms with E-state index in [4.69, 9.17) is 18.0 Å². The molecule has 5 nitrogen and oxygen atoms in total. The van der Waals surface area contributed by atoms with Crippen molar-refractivity contribution in [2.75, 3.05) is 7.11 Å². The van der Waals surface area contributed by atoms with Crippen LogP contribution in [0, 0.1) is 0 Å². The Morgan fingerprint density at radius 1 is 0.723 bits per heavy atom. The number of rotatable bonds is 18. The molecule has 272 valence electrons. The number of hydrogen-bond acceptors (Lipinski definition) is 5. The average Bonchev–Trinajstić information content (AvgIpc) is 2.92. The molecule has 47 heavy (non-hydrogen) atoms. The molecule has 0 aliphatic carbocycles. The highest BCUT2D eigenvalue weighted by Crippen LogP contribution is 2.43. The van der Waals surface area contributed by atoms with Gasteiger partial charge in [0.15, 0.2) is 25.0 Å². The molecule has 8 heteroatoms. The van der Waals surface area contributed by atoms with Crippen LogP contribution in [-0.2, 0) is 22.8 Å². The SMILES string of the molecule is CCCCCC(O[Si](C)(C)C(C)(C)C)c1ccccc1C=C[C@@H](O[Si](C)(C)C(C)(C)C)[C@H](CCCC(=O)OC)O[Si](C)(C)C(C)(C)C. The number of unbranched alkanes of at least 4 members (excludes halogenated alkanes) is 2. The molecule has 0 aliphatic rings. The molecule has 0 aromatic heterocycles.